The first-order valence-corrected chi connectivity index (χ1v) is 5.70. The van der Waals surface area contributed by atoms with E-state index in [1.54, 1.807) is 0 Å². The molecule has 0 fully saturated rings. The summed E-state index contributed by atoms with van der Waals surface area (Å²) in [5, 5.41) is 0.151. The average molecular weight is 312 g/mol. The molecule has 0 saturated heterocycles. The Morgan fingerprint density at radius 1 is 1.59 bits per heavy atom. The summed E-state index contributed by atoms with van der Waals surface area (Å²) in [6.07, 6.45) is -3.30. The molecule has 0 aliphatic heterocycles. The maximum atomic E-state index is 13.0. The Bertz CT molecular complexity index is 426. The van der Waals surface area contributed by atoms with Gasteiger partial charge in [-0.3, -0.25) is 4.79 Å². The van der Waals surface area contributed by atoms with E-state index in [0.717, 1.165) is 13.2 Å². The predicted octanol–water partition coefficient (Wildman–Crippen LogP) is 2.77. The molecular formula is C10H9BrF3NO2. The number of methoxy groups -OCH3 is 1. The highest BCUT2D eigenvalue weighted by Crippen LogP contribution is 2.26. The molecule has 0 aliphatic carbocycles. The van der Waals surface area contributed by atoms with E-state index in [-0.39, 0.29) is 22.9 Å². The molecule has 0 amide bonds. The maximum absolute atomic E-state index is 13.0. The molecule has 0 aliphatic rings. The average Bonchev–Trinajstić information content (AvgIpc) is 2.30. The van der Waals surface area contributed by atoms with Crippen LogP contribution in [0.15, 0.2) is 6.07 Å². The number of halogens is 4. The van der Waals surface area contributed by atoms with E-state index < -0.39 is 24.0 Å². The lowest BCUT2D eigenvalue weighted by atomic mass is 10.0. The minimum Gasteiger partial charge on any atom is -0.469 e. The molecule has 1 heterocycles. The van der Waals surface area contributed by atoms with Crippen LogP contribution in [0.25, 0.3) is 0 Å². The van der Waals surface area contributed by atoms with Gasteiger partial charge in [0, 0.05) is 5.33 Å². The molecule has 0 aromatic carbocycles. The zero-order chi connectivity index (χ0) is 13.0. The zero-order valence-corrected chi connectivity index (χ0v) is 10.4. The van der Waals surface area contributed by atoms with Gasteiger partial charge in [0.2, 0.25) is 5.95 Å². The number of aromatic nitrogens is 1. The summed E-state index contributed by atoms with van der Waals surface area (Å²) in [5.74, 6) is -1.68. The Balaban J connectivity index is 3.26. The molecule has 94 valence electrons. The normalized spacial score (nSPS) is 10.7. The molecule has 0 bridgehead atoms. The summed E-state index contributed by atoms with van der Waals surface area (Å²) in [4.78, 5) is 14.2. The Morgan fingerprint density at radius 3 is 2.71 bits per heavy atom. The number of rotatable bonds is 4. The van der Waals surface area contributed by atoms with Crippen molar-refractivity contribution in [3.05, 3.63) is 28.8 Å². The molecule has 1 rings (SSSR count). The molecule has 0 saturated carbocycles. The number of carbonyl (C=O) groups is 1. The van der Waals surface area contributed by atoms with Gasteiger partial charge in [-0.25, -0.2) is 13.8 Å². The Hall–Kier alpha value is -1.11. The molecule has 7 heteroatoms. The second-order valence-electron chi connectivity index (χ2n) is 3.16. The first-order chi connectivity index (χ1) is 7.99. The van der Waals surface area contributed by atoms with Crippen molar-refractivity contribution in [2.75, 3.05) is 7.11 Å². The van der Waals surface area contributed by atoms with Crippen LogP contribution >= 0.6 is 15.9 Å². The highest BCUT2D eigenvalue weighted by molar-refractivity contribution is 9.08. The molecule has 3 nitrogen and oxygen atoms in total. The first-order valence-electron chi connectivity index (χ1n) is 4.58. The van der Waals surface area contributed by atoms with Crippen LogP contribution in [0.2, 0.25) is 0 Å². The number of ether oxygens (including phenoxy) is 1. The molecule has 0 radical (unpaired) electrons. The maximum Gasteiger partial charge on any atom is 0.310 e. The van der Waals surface area contributed by atoms with Crippen molar-refractivity contribution < 1.29 is 22.7 Å². The number of carbonyl (C=O) groups excluding carboxylic acids is 1. The summed E-state index contributed by atoms with van der Waals surface area (Å²) in [6.45, 7) is 0. The fourth-order valence-electron chi connectivity index (χ4n) is 1.33. The molecule has 1 aromatic rings. The third kappa shape index (κ3) is 3.42. The number of hydrogen-bond acceptors (Lipinski definition) is 3. The van der Waals surface area contributed by atoms with Crippen LogP contribution in [0.1, 0.15) is 23.2 Å². The molecule has 1 aromatic heterocycles. The Morgan fingerprint density at radius 2 is 2.24 bits per heavy atom. The van der Waals surface area contributed by atoms with Crippen LogP contribution in [-0.4, -0.2) is 18.1 Å². The minimum atomic E-state index is -2.94. The Kier molecular flexibility index (Phi) is 4.92. The van der Waals surface area contributed by atoms with Crippen LogP contribution < -0.4 is 0 Å². The lowest BCUT2D eigenvalue weighted by Gasteiger charge is -2.11. The largest absolute Gasteiger partial charge is 0.469 e. The van der Waals surface area contributed by atoms with E-state index in [4.69, 9.17) is 0 Å². The van der Waals surface area contributed by atoms with Crippen molar-refractivity contribution in [3.63, 3.8) is 0 Å². The van der Waals surface area contributed by atoms with Crippen molar-refractivity contribution in [1.29, 1.82) is 0 Å². The third-order valence-corrected chi connectivity index (χ3v) is 2.72. The van der Waals surface area contributed by atoms with Crippen molar-refractivity contribution in [2.24, 2.45) is 0 Å². The molecule has 0 unspecified atom stereocenters. The first kappa shape index (κ1) is 14.0. The minimum absolute atomic E-state index is 0.00475. The van der Waals surface area contributed by atoms with Gasteiger partial charge in [0.25, 0.3) is 6.43 Å². The van der Waals surface area contributed by atoms with Gasteiger partial charge < -0.3 is 4.74 Å². The summed E-state index contributed by atoms with van der Waals surface area (Å²) in [5.41, 5.74) is -0.451. The quantitative estimate of drug-likeness (QED) is 0.487. The zero-order valence-electron chi connectivity index (χ0n) is 8.84. The summed E-state index contributed by atoms with van der Waals surface area (Å²) in [6, 6.07) is 1.01. The number of alkyl halides is 3. The van der Waals surface area contributed by atoms with Gasteiger partial charge in [-0.2, -0.15) is 4.39 Å². The van der Waals surface area contributed by atoms with E-state index in [1.807, 2.05) is 0 Å². The van der Waals surface area contributed by atoms with Crippen molar-refractivity contribution in [2.45, 2.75) is 18.2 Å². The van der Waals surface area contributed by atoms with Crippen molar-refractivity contribution in [1.82, 2.24) is 4.98 Å². The summed E-state index contributed by atoms with van der Waals surface area (Å²) >= 11 is 3.05. The van der Waals surface area contributed by atoms with Crippen LogP contribution in [0, 0.1) is 5.95 Å². The van der Waals surface area contributed by atoms with Crippen LogP contribution in [0.4, 0.5) is 13.2 Å². The Labute approximate surface area is 104 Å². The van der Waals surface area contributed by atoms with Crippen molar-refractivity contribution in [3.8, 4) is 0 Å². The summed E-state index contributed by atoms with van der Waals surface area (Å²) < 4.78 is 42.8. The predicted molar refractivity (Wildman–Crippen MR) is 57.5 cm³/mol. The van der Waals surface area contributed by atoms with Gasteiger partial charge in [-0.15, -0.1) is 0 Å². The smallest absolute Gasteiger partial charge is 0.310 e. The molecule has 0 atom stereocenters. The monoisotopic (exact) mass is 311 g/mol. The second kappa shape index (κ2) is 6.00. The highest BCUT2D eigenvalue weighted by Gasteiger charge is 2.21. The van der Waals surface area contributed by atoms with Gasteiger partial charge in [0.15, 0.2) is 0 Å². The van der Waals surface area contributed by atoms with E-state index in [2.05, 4.69) is 25.7 Å². The topological polar surface area (TPSA) is 39.2 Å². The molecule has 0 N–H and O–H groups in total. The van der Waals surface area contributed by atoms with E-state index in [1.165, 1.54) is 0 Å². The number of hydrogen-bond donors (Lipinski definition) is 0. The van der Waals surface area contributed by atoms with Gasteiger partial charge in [-0.05, 0) is 17.2 Å². The van der Waals surface area contributed by atoms with E-state index in [9.17, 15) is 18.0 Å². The molecule has 17 heavy (non-hydrogen) atoms. The van der Waals surface area contributed by atoms with Gasteiger partial charge >= 0.3 is 5.97 Å². The number of nitrogens with zero attached hydrogens (tertiary/aromatic N) is 1. The second-order valence-corrected chi connectivity index (χ2v) is 3.72. The molecule has 0 spiro atoms. The third-order valence-electron chi connectivity index (χ3n) is 2.12. The fourth-order valence-corrected chi connectivity index (χ4v) is 1.83. The van der Waals surface area contributed by atoms with Gasteiger partial charge in [-0.1, -0.05) is 15.9 Å². The van der Waals surface area contributed by atoms with Crippen molar-refractivity contribution >= 4 is 21.9 Å². The van der Waals surface area contributed by atoms with Crippen LogP contribution in [-0.2, 0) is 21.3 Å². The lowest BCUT2D eigenvalue weighted by molar-refractivity contribution is -0.139. The lowest BCUT2D eigenvalue weighted by Crippen LogP contribution is -2.12. The number of esters is 1. The van der Waals surface area contributed by atoms with E-state index in [0.29, 0.717) is 0 Å². The van der Waals surface area contributed by atoms with Gasteiger partial charge in [0.1, 0.15) is 5.69 Å². The highest BCUT2D eigenvalue weighted by atomic mass is 79.9. The summed E-state index contributed by atoms with van der Waals surface area (Å²) in [7, 11) is 1.15. The number of pyridine rings is 1. The standard InChI is InChI=1S/C10H9BrF3NO2/c1-17-8(16)3-6-5(4-11)2-7(12)15-9(6)10(13)14/h2,10H,3-4H2,1H3. The van der Waals surface area contributed by atoms with Gasteiger partial charge in [0.05, 0.1) is 13.5 Å². The molecular weight excluding hydrogens is 303 g/mol. The SMILES string of the molecule is COC(=O)Cc1c(CBr)cc(F)nc1C(F)F. The van der Waals surface area contributed by atoms with Crippen LogP contribution in [0.3, 0.4) is 0 Å². The van der Waals surface area contributed by atoms with Crippen LogP contribution in [0.5, 0.6) is 0 Å². The van der Waals surface area contributed by atoms with E-state index >= 15 is 0 Å². The fraction of sp³-hybridized carbons (Fsp3) is 0.400.